The van der Waals surface area contributed by atoms with Crippen LogP contribution in [-0.4, -0.2) is 55.0 Å². The maximum atomic E-state index is 13.3. The molecule has 1 aromatic carbocycles. The number of halogens is 1. The normalized spacial score (nSPS) is 24.0. The fraction of sp³-hybridized carbons (Fsp3) is 0.529. The maximum Gasteiger partial charge on any atom is 0.248 e. The average molecular weight is 320 g/mol. The van der Waals surface area contributed by atoms with Crippen LogP contribution in [0.2, 0.25) is 0 Å². The zero-order valence-electron chi connectivity index (χ0n) is 13.3. The van der Waals surface area contributed by atoms with Gasteiger partial charge in [-0.25, -0.2) is 4.39 Å². The number of hydrogen-bond acceptors (Lipinski definition) is 3. The predicted molar refractivity (Wildman–Crippen MR) is 81.9 cm³/mol. The lowest BCUT2D eigenvalue weighted by Gasteiger charge is -2.23. The van der Waals surface area contributed by atoms with Gasteiger partial charge in [-0.3, -0.25) is 9.59 Å². The predicted octanol–water partition coefficient (Wildman–Crippen LogP) is 1.42. The van der Waals surface area contributed by atoms with Crippen LogP contribution in [0.15, 0.2) is 24.3 Å². The zero-order chi connectivity index (χ0) is 16.4. The summed E-state index contributed by atoms with van der Waals surface area (Å²) in [6.45, 7) is 2.19. The Hall–Kier alpha value is -1.95. The van der Waals surface area contributed by atoms with Gasteiger partial charge in [0.1, 0.15) is 12.4 Å². The maximum absolute atomic E-state index is 13.3. The van der Waals surface area contributed by atoms with Gasteiger partial charge in [-0.2, -0.15) is 0 Å². The van der Waals surface area contributed by atoms with Crippen molar-refractivity contribution in [3.63, 3.8) is 0 Å². The van der Waals surface area contributed by atoms with Gasteiger partial charge in [-0.1, -0.05) is 12.1 Å². The molecule has 23 heavy (non-hydrogen) atoms. The van der Waals surface area contributed by atoms with Gasteiger partial charge < -0.3 is 14.5 Å². The first kappa shape index (κ1) is 15.9. The van der Waals surface area contributed by atoms with Gasteiger partial charge in [0.2, 0.25) is 11.8 Å². The van der Waals surface area contributed by atoms with E-state index in [1.807, 2.05) is 6.07 Å². The van der Waals surface area contributed by atoms with E-state index in [9.17, 15) is 14.0 Å². The molecule has 0 N–H and O–H groups in total. The summed E-state index contributed by atoms with van der Waals surface area (Å²) in [5.41, 5.74) is 0.331. The molecule has 1 atom stereocenters. The fourth-order valence-corrected chi connectivity index (χ4v) is 3.58. The first-order valence-corrected chi connectivity index (χ1v) is 7.85. The minimum absolute atomic E-state index is 0.0529. The average Bonchev–Trinajstić information content (AvgIpc) is 3.08. The van der Waals surface area contributed by atoms with Gasteiger partial charge in [0.05, 0.1) is 5.41 Å². The number of carbonyl (C=O) groups excluding carboxylic acids is 2. The second-order valence-electron chi connectivity index (χ2n) is 6.39. The number of amides is 2. The summed E-state index contributed by atoms with van der Waals surface area (Å²) in [4.78, 5) is 28.2. The van der Waals surface area contributed by atoms with Crippen molar-refractivity contribution in [1.29, 1.82) is 0 Å². The standard InChI is InChI=1S/C17H21FN2O3/c1-23-11-15(21)20-8-6-17(12-20)5-7-19(16(17)22)10-13-3-2-4-14(18)9-13/h2-4,9H,5-8,10-12H2,1H3. The summed E-state index contributed by atoms with van der Waals surface area (Å²) in [7, 11) is 1.49. The Labute approximate surface area is 135 Å². The Kier molecular flexibility index (Phi) is 4.35. The molecule has 2 saturated heterocycles. The second kappa shape index (κ2) is 6.28. The highest BCUT2D eigenvalue weighted by molar-refractivity contribution is 5.87. The molecule has 2 heterocycles. The summed E-state index contributed by atoms with van der Waals surface area (Å²) in [6, 6.07) is 6.33. The van der Waals surface area contributed by atoms with Crippen LogP contribution in [0.4, 0.5) is 4.39 Å². The Morgan fingerprint density at radius 1 is 1.35 bits per heavy atom. The largest absolute Gasteiger partial charge is 0.375 e. The Balaban J connectivity index is 1.66. The lowest BCUT2D eigenvalue weighted by atomic mass is 9.85. The number of benzene rings is 1. The van der Waals surface area contributed by atoms with Crippen LogP contribution < -0.4 is 0 Å². The lowest BCUT2D eigenvalue weighted by molar-refractivity contribution is -0.137. The molecule has 0 saturated carbocycles. The van der Waals surface area contributed by atoms with Crippen molar-refractivity contribution in [2.75, 3.05) is 33.4 Å². The quantitative estimate of drug-likeness (QED) is 0.843. The summed E-state index contributed by atoms with van der Waals surface area (Å²) < 4.78 is 18.2. The van der Waals surface area contributed by atoms with Gasteiger partial charge in [-0.15, -0.1) is 0 Å². The molecule has 0 aliphatic carbocycles. The molecule has 2 amide bonds. The van der Waals surface area contributed by atoms with Gasteiger partial charge in [0.25, 0.3) is 0 Å². The van der Waals surface area contributed by atoms with Crippen molar-refractivity contribution in [3.8, 4) is 0 Å². The summed E-state index contributed by atoms with van der Waals surface area (Å²) in [6.07, 6.45) is 1.44. The third-order valence-electron chi connectivity index (χ3n) is 4.84. The molecule has 6 heteroatoms. The van der Waals surface area contributed by atoms with Crippen LogP contribution in [0.25, 0.3) is 0 Å². The lowest BCUT2D eigenvalue weighted by Crippen LogP contribution is -2.39. The van der Waals surface area contributed by atoms with E-state index < -0.39 is 5.41 Å². The number of nitrogens with zero attached hydrogens (tertiary/aromatic N) is 2. The zero-order valence-corrected chi connectivity index (χ0v) is 13.3. The van der Waals surface area contributed by atoms with E-state index in [1.54, 1.807) is 15.9 Å². The van der Waals surface area contributed by atoms with Crippen LogP contribution >= 0.6 is 0 Å². The van der Waals surface area contributed by atoms with Crippen LogP contribution in [0.3, 0.4) is 0 Å². The number of rotatable bonds is 4. The van der Waals surface area contributed by atoms with Gasteiger partial charge in [-0.05, 0) is 30.5 Å². The first-order chi connectivity index (χ1) is 11.0. The minimum Gasteiger partial charge on any atom is -0.375 e. The molecule has 0 bridgehead atoms. The van der Waals surface area contributed by atoms with Crippen LogP contribution in [0.1, 0.15) is 18.4 Å². The monoisotopic (exact) mass is 320 g/mol. The second-order valence-corrected chi connectivity index (χ2v) is 6.39. The highest BCUT2D eigenvalue weighted by Crippen LogP contribution is 2.41. The SMILES string of the molecule is COCC(=O)N1CCC2(CCN(Cc3cccc(F)c3)C2=O)C1. The van der Waals surface area contributed by atoms with Crippen molar-refractivity contribution in [2.24, 2.45) is 5.41 Å². The smallest absolute Gasteiger partial charge is 0.248 e. The number of likely N-dealkylation sites (tertiary alicyclic amines) is 2. The molecule has 124 valence electrons. The summed E-state index contributed by atoms with van der Waals surface area (Å²) in [5.74, 6) is -0.281. The Morgan fingerprint density at radius 2 is 2.13 bits per heavy atom. The molecular formula is C17H21FN2O3. The van der Waals surface area contributed by atoms with Crippen molar-refractivity contribution in [2.45, 2.75) is 19.4 Å². The van der Waals surface area contributed by atoms with Crippen molar-refractivity contribution in [3.05, 3.63) is 35.6 Å². The van der Waals surface area contributed by atoms with Gasteiger partial charge in [0, 0.05) is 33.3 Å². The molecule has 3 rings (SSSR count). The summed E-state index contributed by atoms with van der Waals surface area (Å²) >= 11 is 0. The number of ether oxygens (including phenoxy) is 1. The molecule has 1 spiro atoms. The highest BCUT2D eigenvalue weighted by Gasteiger charge is 2.51. The number of hydrogen-bond donors (Lipinski definition) is 0. The van der Waals surface area contributed by atoms with E-state index in [-0.39, 0.29) is 24.2 Å². The van der Waals surface area contributed by atoms with Crippen molar-refractivity contribution < 1.29 is 18.7 Å². The molecule has 0 aromatic heterocycles. The highest BCUT2D eigenvalue weighted by atomic mass is 19.1. The Morgan fingerprint density at radius 3 is 2.87 bits per heavy atom. The topological polar surface area (TPSA) is 49.9 Å². The minimum atomic E-state index is -0.462. The molecule has 1 aromatic rings. The molecule has 2 aliphatic rings. The van der Waals surface area contributed by atoms with E-state index in [4.69, 9.17) is 4.74 Å². The van der Waals surface area contributed by atoms with E-state index in [2.05, 4.69) is 0 Å². The summed E-state index contributed by atoms with van der Waals surface area (Å²) in [5, 5.41) is 0. The fourth-order valence-electron chi connectivity index (χ4n) is 3.58. The Bertz CT molecular complexity index is 622. The molecule has 2 fully saturated rings. The van der Waals surface area contributed by atoms with Crippen LogP contribution in [-0.2, 0) is 20.9 Å². The molecule has 1 unspecified atom stereocenters. The van der Waals surface area contributed by atoms with Crippen LogP contribution in [0.5, 0.6) is 0 Å². The molecule has 2 aliphatic heterocycles. The van der Waals surface area contributed by atoms with Crippen molar-refractivity contribution >= 4 is 11.8 Å². The number of methoxy groups -OCH3 is 1. The van der Waals surface area contributed by atoms with Crippen molar-refractivity contribution in [1.82, 2.24) is 9.80 Å². The third kappa shape index (κ3) is 3.08. The van der Waals surface area contributed by atoms with E-state index >= 15 is 0 Å². The first-order valence-electron chi connectivity index (χ1n) is 7.85. The van der Waals surface area contributed by atoms with E-state index in [0.29, 0.717) is 32.6 Å². The van der Waals surface area contributed by atoms with E-state index in [1.165, 1.54) is 19.2 Å². The van der Waals surface area contributed by atoms with Crippen LogP contribution in [0, 0.1) is 11.2 Å². The van der Waals surface area contributed by atoms with Gasteiger partial charge in [0.15, 0.2) is 0 Å². The van der Waals surface area contributed by atoms with E-state index in [0.717, 1.165) is 12.0 Å². The van der Waals surface area contributed by atoms with Gasteiger partial charge >= 0.3 is 0 Å². The molecular weight excluding hydrogens is 299 g/mol. The number of carbonyl (C=O) groups is 2. The molecule has 5 nitrogen and oxygen atoms in total. The third-order valence-corrected chi connectivity index (χ3v) is 4.84. The molecule has 0 radical (unpaired) electrons.